The molecule has 0 aromatic heterocycles. The maximum Gasteiger partial charge on any atom is 0.133 e. The summed E-state index contributed by atoms with van der Waals surface area (Å²) in [4.78, 5) is 9.05. The van der Waals surface area contributed by atoms with Crippen molar-refractivity contribution in [2.24, 2.45) is 5.73 Å². The van der Waals surface area contributed by atoms with Gasteiger partial charge in [0, 0.05) is 6.54 Å². The van der Waals surface area contributed by atoms with Crippen molar-refractivity contribution >= 4 is 6.29 Å². The molecular weight excluding hydrogens is 55.0 g/mol. The molecule has 0 aliphatic heterocycles. The maximum atomic E-state index is 9.05. The lowest BCUT2D eigenvalue weighted by Crippen LogP contribution is -1.97. The van der Waals surface area contributed by atoms with Gasteiger partial charge in [-0.25, -0.2) is 0 Å². The monoisotopic (exact) mass is 60.0 g/mol. The summed E-state index contributed by atoms with van der Waals surface area (Å²) in [6, 6.07) is 0. The van der Waals surface area contributed by atoms with Gasteiger partial charge >= 0.3 is 0 Å². The number of carbonyl (C=O) groups excluding carboxylic acids is 1. The molecule has 0 bridgehead atoms. The van der Waals surface area contributed by atoms with Gasteiger partial charge in [0.2, 0.25) is 0 Å². The number of nitrogens with two attached hydrogens (primary N) is 1. The van der Waals surface area contributed by atoms with Crippen molar-refractivity contribution in [1.82, 2.24) is 0 Å². The highest BCUT2D eigenvalue weighted by atomic mass is 16.1. The van der Waals surface area contributed by atoms with E-state index in [0.29, 0.717) is 6.29 Å². The van der Waals surface area contributed by atoms with Crippen molar-refractivity contribution in [2.45, 2.75) is 0 Å². The number of rotatable bonds is 1. The Morgan fingerprint density at radius 2 is 2.25 bits per heavy atom. The molecule has 0 aliphatic carbocycles. The minimum absolute atomic E-state index is 0.139. The zero-order valence-electron chi connectivity index (χ0n) is 2.27. The van der Waals surface area contributed by atoms with Crippen LogP contribution in [0.25, 0.3) is 0 Å². The molecule has 0 fully saturated rings. The molecule has 0 unspecified atom stereocenters. The second kappa shape index (κ2) is 2.63. The lowest BCUT2D eigenvalue weighted by atomic mass is 11.2. The first kappa shape index (κ1) is 3.63. The van der Waals surface area contributed by atoms with Crippen molar-refractivity contribution in [3.8, 4) is 0 Å². The fraction of sp³-hybridized carbons (Fsp3) is 0.500. The number of hydrogen-bond donors (Lipinski definition) is 1. The van der Waals surface area contributed by atoms with E-state index in [9.17, 15) is 0 Å². The largest absolute Gasteiger partial charge is 0.324 e. The van der Waals surface area contributed by atoms with Gasteiger partial charge < -0.3 is 10.5 Å². The summed E-state index contributed by atoms with van der Waals surface area (Å²) in [6.45, 7) is 0.139. The van der Waals surface area contributed by atoms with Crippen LogP contribution >= 0.6 is 0 Å². The molecule has 24 valence electrons. The number of hydrogen-bond acceptors (Lipinski definition) is 2. The van der Waals surface area contributed by atoms with Crippen molar-refractivity contribution < 1.29 is 4.79 Å². The standard InChI is InChI=1S/C2H5NO/c3-1-2-4/h2H,1,3H2/i1+1. The molecule has 0 aromatic carbocycles. The molecule has 0 rings (SSSR count). The van der Waals surface area contributed by atoms with Gasteiger partial charge in [-0.2, -0.15) is 0 Å². The minimum Gasteiger partial charge on any atom is -0.324 e. The fourth-order valence-electron chi connectivity index (χ4n) is 0. The van der Waals surface area contributed by atoms with Crippen LogP contribution in [0.2, 0.25) is 0 Å². The van der Waals surface area contributed by atoms with E-state index in [1.165, 1.54) is 0 Å². The Morgan fingerprint density at radius 1 is 2.00 bits per heavy atom. The Bertz CT molecular complexity index is 20.0. The van der Waals surface area contributed by atoms with Crippen LogP contribution in [-0.4, -0.2) is 12.8 Å². The molecule has 0 saturated heterocycles. The smallest absolute Gasteiger partial charge is 0.133 e. The number of carbonyl (C=O) groups is 1. The molecule has 2 N–H and O–H groups in total. The number of aldehydes is 1. The van der Waals surface area contributed by atoms with Gasteiger partial charge in [-0.1, -0.05) is 0 Å². The van der Waals surface area contributed by atoms with Gasteiger partial charge in [-0.15, -0.1) is 0 Å². The predicted molar refractivity (Wildman–Crippen MR) is 15.1 cm³/mol. The van der Waals surface area contributed by atoms with Crippen LogP contribution in [0, 0.1) is 0 Å². The Labute approximate surface area is 24.6 Å². The van der Waals surface area contributed by atoms with E-state index in [0.717, 1.165) is 0 Å². The molecular formula is C2H5NO. The van der Waals surface area contributed by atoms with Gasteiger partial charge in [-0.05, 0) is 0 Å². The van der Waals surface area contributed by atoms with E-state index in [2.05, 4.69) is 5.73 Å². The Hall–Kier alpha value is -0.370. The highest BCUT2D eigenvalue weighted by Gasteiger charge is 1.51. The van der Waals surface area contributed by atoms with Crippen molar-refractivity contribution in [3.63, 3.8) is 0 Å². The molecule has 0 radical (unpaired) electrons. The molecule has 0 amide bonds. The molecule has 2 heteroatoms. The summed E-state index contributed by atoms with van der Waals surface area (Å²) in [7, 11) is 0. The Balaban J connectivity index is 2.30. The second-order valence-electron chi connectivity index (χ2n) is 0.402. The van der Waals surface area contributed by atoms with Gasteiger partial charge in [0.15, 0.2) is 0 Å². The van der Waals surface area contributed by atoms with Gasteiger partial charge in [-0.3, -0.25) is 0 Å². The normalized spacial score (nSPS) is 6.25. The van der Waals surface area contributed by atoms with Gasteiger partial charge in [0.1, 0.15) is 6.29 Å². The van der Waals surface area contributed by atoms with E-state index < -0.39 is 0 Å². The molecule has 0 aliphatic rings. The third-order valence-electron chi connectivity index (χ3n) is 0.0962. The molecule has 0 saturated carbocycles. The molecule has 4 heavy (non-hydrogen) atoms. The zero-order chi connectivity index (χ0) is 3.41. The van der Waals surface area contributed by atoms with E-state index in [-0.39, 0.29) is 6.54 Å². The third-order valence-corrected chi connectivity index (χ3v) is 0.0962. The summed E-state index contributed by atoms with van der Waals surface area (Å²) >= 11 is 0. The second-order valence-corrected chi connectivity index (χ2v) is 0.402. The van der Waals surface area contributed by atoms with Gasteiger partial charge in [0.25, 0.3) is 0 Å². The highest BCUT2D eigenvalue weighted by Crippen LogP contribution is 1.18. The lowest BCUT2D eigenvalue weighted by molar-refractivity contribution is -0.106. The first-order valence-electron chi connectivity index (χ1n) is 1.05. The average molecular weight is 60.1 g/mol. The van der Waals surface area contributed by atoms with E-state index in [1.807, 2.05) is 0 Å². The predicted octanol–water partition coefficient (Wildman–Crippen LogP) is -0.856. The first-order valence-corrected chi connectivity index (χ1v) is 1.05. The summed E-state index contributed by atoms with van der Waals surface area (Å²) in [5.74, 6) is 0. The topological polar surface area (TPSA) is 43.1 Å². The molecule has 0 spiro atoms. The molecule has 0 aromatic rings. The van der Waals surface area contributed by atoms with Crippen molar-refractivity contribution in [3.05, 3.63) is 0 Å². The average Bonchev–Trinajstić information content (AvgIpc) is 1.37. The maximum absolute atomic E-state index is 9.05. The summed E-state index contributed by atoms with van der Waals surface area (Å²) in [6.07, 6.45) is 0.653. The van der Waals surface area contributed by atoms with Crippen LogP contribution < -0.4 is 5.73 Å². The zero-order valence-corrected chi connectivity index (χ0v) is 2.27. The van der Waals surface area contributed by atoms with Crippen LogP contribution in [0.4, 0.5) is 0 Å². The lowest BCUT2D eigenvalue weighted by Gasteiger charge is -1.55. The third kappa shape index (κ3) is 1.63. The fourth-order valence-corrected chi connectivity index (χ4v) is 0. The Morgan fingerprint density at radius 3 is 2.25 bits per heavy atom. The van der Waals surface area contributed by atoms with E-state index in [1.54, 1.807) is 0 Å². The molecule has 0 heterocycles. The molecule has 2 nitrogen and oxygen atoms in total. The first-order chi connectivity index (χ1) is 1.91. The summed E-state index contributed by atoms with van der Waals surface area (Å²) in [5, 5.41) is 0. The van der Waals surface area contributed by atoms with Crippen LogP contribution in [0.3, 0.4) is 0 Å². The van der Waals surface area contributed by atoms with E-state index in [4.69, 9.17) is 4.79 Å². The Kier molecular flexibility index (Phi) is 2.39. The summed E-state index contributed by atoms with van der Waals surface area (Å²) < 4.78 is 0. The van der Waals surface area contributed by atoms with Crippen molar-refractivity contribution in [1.29, 1.82) is 0 Å². The quantitative estimate of drug-likeness (QED) is 0.316. The molecule has 0 atom stereocenters. The van der Waals surface area contributed by atoms with Crippen LogP contribution in [0.15, 0.2) is 0 Å². The van der Waals surface area contributed by atoms with Crippen LogP contribution in [-0.2, 0) is 4.79 Å². The van der Waals surface area contributed by atoms with Crippen molar-refractivity contribution in [2.75, 3.05) is 6.54 Å². The summed E-state index contributed by atoms with van der Waals surface area (Å²) in [5.41, 5.74) is 4.66. The SMILES string of the molecule is N[13CH2]C=O. The van der Waals surface area contributed by atoms with Gasteiger partial charge in [0.05, 0.1) is 0 Å². The van der Waals surface area contributed by atoms with E-state index >= 15 is 0 Å². The minimum atomic E-state index is 0.139. The highest BCUT2D eigenvalue weighted by molar-refractivity contribution is 5.51. The van der Waals surface area contributed by atoms with Crippen LogP contribution in [0.5, 0.6) is 0 Å². The van der Waals surface area contributed by atoms with Crippen LogP contribution in [0.1, 0.15) is 0 Å².